The minimum absolute atomic E-state index is 0.140. The van der Waals surface area contributed by atoms with Crippen LogP contribution < -0.4 is 0 Å². The molecule has 0 aliphatic rings. The van der Waals surface area contributed by atoms with Gasteiger partial charge in [-0.1, -0.05) is 0 Å². The number of hydrogen-bond donors (Lipinski definition) is 0. The minimum Gasteiger partial charge on any atom is -0.230 e. The normalized spacial score (nSPS) is 11.4. The highest BCUT2D eigenvalue weighted by Gasteiger charge is 2.34. The fourth-order valence-corrected chi connectivity index (χ4v) is 2.97. The summed E-state index contributed by atoms with van der Waals surface area (Å²) >= 11 is 2.10. The van der Waals surface area contributed by atoms with Gasteiger partial charge in [-0.15, -0.1) is 29.1 Å². The van der Waals surface area contributed by atoms with E-state index in [0.29, 0.717) is 10.7 Å². The van der Waals surface area contributed by atoms with Crippen molar-refractivity contribution < 1.29 is 13.2 Å². The van der Waals surface area contributed by atoms with Crippen molar-refractivity contribution in [2.45, 2.75) is 6.18 Å². The summed E-state index contributed by atoms with van der Waals surface area (Å²) < 4.78 is 37.7. The monoisotopic (exact) mass is 337 g/mol. The summed E-state index contributed by atoms with van der Waals surface area (Å²) in [6.07, 6.45) is 3.35. The van der Waals surface area contributed by atoms with Crippen LogP contribution in [0.4, 0.5) is 13.2 Å². The maximum absolute atomic E-state index is 12.6. The number of nitrogens with zero attached hydrogens (tertiary/aromatic N) is 4. The van der Waals surface area contributed by atoms with Gasteiger partial charge in [0.2, 0.25) is 0 Å². The van der Waals surface area contributed by atoms with Crippen LogP contribution in [0.3, 0.4) is 0 Å². The van der Waals surface area contributed by atoms with E-state index < -0.39 is 11.9 Å². The van der Waals surface area contributed by atoms with Gasteiger partial charge in [-0.05, 0) is 12.0 Å². The Morgan fingerprint density at radius 3 is 2.50 bits per heavy atom. The highest BCUT2D eigenvalue weighted by molar-refractivity contribution is 7.13. The van der Waals surface area contributed by atoms with Gasteiger partial charge in [0.1, 0.15) is 16.4 Å². The SMILES string of the molecule is C#Cc1csc(-c2n[c]cc(-c3nc(C(F)(F)F)cs3)n2)n1. The zero-order chi connectivity index (χ0) is 15.7. The van der Waals surface area contributed by atoms with Crippen molar-refractivity contribution >= 4 is 22.7 Å². The lowest BCUT2D eigenvalue weighted by atomic mass is 10.4. The predicted octanol–water partition coefficient (Wildman–Crippen LogP) is 3.52. The van der Waals surface area contributed by atoms with Crippen molar-refractivity contribution in [1.82, 2.24) is 19.9 Å². The molecule has 4 nitrogen and oxygen atoms in total. The Kier molecular flexibility index (Phi) is 3.64. The molecular formula is C13H4F3N4S2. The van der Waals surface area contributed by atoms with E-state index in [1.54, 1.807) is 5.38 Å². The number of rotatable bonds is 2. The van der Waals surface area contributed by atoms with Crippen LogP contribution in [0.1, 0.15) is 11.4 Å². The summed E-state index contributed by atoms with van der Waals surface area (Å²) in [6, 6.07) is 1.37. The lowest BCUT2D eigenvalue weighted by Crippen LogP contribution is -2.05. The first-order chi connectivity index (χ1) is 10.5. The summed E-state index contributed by atoms with van der Waals surface area (Å²) in [5.74, 6) is 2.62. The molecule has 0 saturated heterocycles. The summed E-state index contributed by atoms with van der Waals surface area (Å²) in [5.41, 5.74) is -0.248. The van der Waals surface area contributed by atoms with Crippen LogP contribution in [-0.4, -0.2) is 19.9 Å². The van der Waals surface area contributed by atoms with E-state index in [1.165, 1.54) is 17.4 Å². The number of alkyl halides is 3. The van der Waals surface area contributed by atoms with E-state index >= 15 is 0 Å². The third kappa shape index (κ3) is 2.84. The number of thiazole rings is 2. The third-order valence-electron chi connectivity index (χ3n) is 2.46. The van der Waals surface area contributed by atoms with Gasteiger partial charge in [-0.25, -0.2) is 19.9 Å². The Hall–Kier alpha value is -2.31. The molecule has 9 heteroatoms. The van der Waals surface area contributed by atoms with Crippen molar-refractivity contribution in [2.24, 2.45) is 0 Å². The molecule has 0 bridgehead atoms. The Balaban J connectivity index is 1.98. The minimum atomic E-state index is -4.48. The smallest absolute Gasteiger partial charge is 0.230 e. The van der Waals surface area contributed by atoms with Crippen molar-refractivity contribution in [3.05, 3.63) is 34.4 Å². The van der Waals surface area contributed by atoms with Gasteiger partial charge in [-0.2, -0.15) is 13.2 Å². The van der Waals surface area contributed by atoms with Crippen LogP contribution >= 0.6 is 22.7 Å². The zero-order valence-electron chi connectivity index (χ0n) is 10.5. The molecule has 0 amide bonds. The maximum Gasteiger partial charge on any atom is 0.434 e. The topological polar surface area (TPSA) is 51.6 Å². The lowest BCUT2D eigenvalue weighted by Gasteiger charge is -2.00. The average molecular weight is 337 g/mol. The van der Waals surface area contributed by atoms with Crippen LogP contribution in [0.25, 0.3) is 21.5 Å². The second-order valence-electron chi connectivity index (χ2n) is 3.92. The van der Waals surface area contributed by atoms with Crippen molar-refractivity contribution in [1.29, 1.82) is 0 Å². The summed E-state index contributed by atoms with van der Waals surface area (Å²) in [6.45, 7) is 0. The summed E-state index contributed by atoms with van der Waals surface area (Å²) in [7, 11) is 0. The van der Waals surface area contributed by atoms with Crippen molar-refractivity contribution in [2.75, 3.05) is 0 Å². The Morgan fingerprint density at radius 2 is 1.86 bits per heavy atom. The molecule has 0 spiro atoms. The molecule has 0 aliphatic carbocycles. The van der Waals surface area contributed by atoms with E-state index in [2.05, 4.69) is 32.1 Å². The fourth-order valence-electron chi connectivity index (χ4n) is 1.50. The molecule has 22 heavy (non-hydrogen) atoms. The van der Waals surface area contributed by atoms with E-state index in [0.717, 1.165) is 16.7 Å². The average Bonchev–Trinajstić information content (AvgIpc) is 3.16. The first-order valence-corrected chi connectivity index (χ1v) is 7.44. The molecule has 0 N–H and O–H groups in total. The molecule has 1 radical (unpaired) electrons. The van der Waals surface area contributed by atoms with E-state index in [1.807, 2.05) is 0 Å². The number of terminal acetylenes is 1. The standard InChI is InChI=1S/C13H4F3N4S2/c1-2-7-5-21-12(18-7)10-17-4-3-8(19-10)11-20-9(6-22-11)13(14,15)16/h1,3,5-6H. The molecule has 0 saturated carbocycles. The zero-order valence-corrected chi connectivity index (χ0v) is 12.2. The first kappa shape index (κ1) is 14.6. The molecule has 0 unspecified atom stereocenters. The number of aromatic nitrogens is 4. The Labute approximate surface area is 130 Å². The molecule has 0 aromatic carbocycles. The van der Waals surface area contributed by atoms with E-state index in [9.17, 15) is 13.2 Å². The highest BCUT2D eigenvalue weighted by Crippen LogP contribution is 2.33. The van der Waals surface area contributed by atoms with Crippen LogP contribution in [-0.2, 0) is 6.18 Å². The second-order valence-corrected chi connectivity index (χ2v) is 5.64. The lowest BCUT2D eigenvalue weighted by molar-refractivity contribution is -0.140. The van der Waals surface area contributed by atoms with Gasteiger partial charge in [0, 0.05) is 10.8 Å². The Bertz CT molecular complexity index is 861. The fraction of sp³-hybridized carbons (Fsp3) is 0.0769. The number of hydrogen-bond acceptors (Lipinski definition) is 6. The number of halogens is 3. The van der Waals surface area contributed by atoms with Gasteiger partial charge >= 0.3 is 6.18 Å². The summed E-state index contributed by atoms with van der Waals surface area (Å²) in [5, 5.41) is 3.22. The molecule has 3 aromatic heterocycles. The molecule has 0 aliphatic heterocycles. The molecule has 3 rings (SSSR count). The molecule has 109 valence electrons. The van der Waals surface area contributed by atoms with Crippen molar-refractivity contribution in [3.8, 4) is 33.9 Å². The molecule has 0 fully saturated rings. The van der Waals surface area contributed by atoms with Crippen LogP contribution in [0.5, 0.6) is 0 Å². The van der Waals surface area contributed by atoms with Gasteiger partial charge in [0.25, 0.3) is 0 Å². The van der Waals surface area contributed by atoms with Crippen molar-refractivity contribution in [3.63, 3.8) is 0 Å². The summed E-state index contributed by atoms with van der Waals surface area (Å²) in [4.78, 5) is 15.8. The van der Waals surface area contributed by atoms with Crippen LogP contribution in [0.2, 0.25) is 0 Å². The Morgan fingerprint density at radius 1 is 1.09 bits per heavy atom. The molecule has 0 atom stereocenters. The predicted molar refractivity (Wildman–Crippen MR) is 76.0 cm³/mol. The van der Waals surface area contributed by atoms with Crippen LogP contribution in [0.15, 0.2) is 16.8 Å². The second kappa shape index (κ2) is 5.47. The van der Waals surface area contributed by atoms with Gasteiger partial charge < -0.3 is 0 Å². The van der Waals surface area contributed by atoms with Gasteiger partial charge in [-0.3, -0.25) is 0 Å². The highest BCUT2D eigenvalue weighted by atomic mass is 32.1. The van der Waals surface area contributed by atoms with E-state index in [4.69, 9.17) is 6.42 Å². The van der Waals surface area contributed by atoms with E-state index in [-0.39, 0.29) is 16.5 Å². The molecule has 3 aromatic rings. The quantitative estimate of drug-likeness (QED) is 0.672. The first-order valence-electron chi connectivity index (χ1n) is 5.68. The molecule has 3 heterocycles. The van der Waals surface area contributed by atoms with Crippen LogP contribution in [0, 0.1) is 18.5 Å². The van der Waals surface area contributed by atoms with Gasteiger partial charge in [0.05, 0.1) is 6.20 Å². The van der Waals surface area contributed by atoms with Gasteiger partial charge in [0.15, 0.2) is 16.5 Å². The molecular weight excluding hydrogens is 333 g/mol. The third-order valence-corrected chi connectivity index (χ3v) is 4.16. The largest absolute Gasteiger partial charge is 0.434 e. The maximum atomic E-state index is 12.6.